The number of aromatic nitrogens is 3. The van der Waals surface area contributed by atoms with Crippen LogP contribution in [0.4, 0.5) is 27.5 Å². The number of ether oxygens (including phenoxy) is 1. The summed E-state index contributed by atoms with van der Waals surface area (Å²) in [7, 11) is 0. The van der Waals surface area contributed by atoms with Crippen molar-refractivity contribution in [2.45, 2.75) is 18.8 Å². The highest BCUT2D eigenvalue weighted by Crippen LogP contribution is 2.25. The summed E-state index contributed by atoms with van der Waals surface area (Å²) in [6, 6.07) is 12.4. The zero-order valence-electron chi connectivity index (χ0n) is 19.5. The van der Waals surface area contributed by atoms with E-state index in [1.165, 1.54) is 18.4 Å². The van der Waals surface area contributed by atoms with Gasteiger partial charge in [0.25, 0.3) is 0 Å². The molecule has 0 amide bonds. The topological polar surface area (TPSA) is 99.6 Å². The van der Waals surface area contributed by atoms with Crippen LogP contribution in [-0.4, -0.2) is 60.6 Å². The van der Waals surface area contributed by atoms with Crippen LogP contribution in [0.3, 0.4) is 0 Å². The molecule has 0 radical (unpaired) electrons. The molecule has 4 heterocycles. The lowest BCUT2D eigenvalue weighted by molar-refractivity contribution is 0.122. The van der Waals surface area contributed by atoms with Gasteiger partial charge in [-0.05, 0) is 55.1 Å². The van der Waals surface area contributed by atoms with Gasteiger partial charge in [0.15, 0.2) is 11.6 Å². The maximum atomic E-state index is 14.1. The van der Waals surface area contributed by atoms with Crippen LogP contribution in [0.1, 0.15) is 30.0 Å². The maximum absolute atomic E-state index is 14.1. The van der Waals surface area contributed by atoms with Crippen LogP contribution in [0.15, 0.2) is 53.9 Å². The molecular weight excluding hydrogens is 447 g/mol. The van der Waals surface area contributed by atoms with Crippen LogP contribution in [0.2, 0.25) is 0 Å². The molecule has 182 valence electrons. The minimum atomic E-state index is -0.466. The standard InChI is InChI=1S/C25H29FN8O/c26-23-17-29-25(32-24(23)34-10-12-35-13-11-34)33-30-16-21-7-8-22(15-28-21)31-20-5-3-18(4-6-20)19-2-1-9-27-14-19/h3-8,15-17,19,27,31H,1-2,9-14H2,(H,29,32,33)/b30-16+. The number of hydrogen-bond acceptors (Lipinski definition) is 9. The predicted molar refractivity (Wildman–Crippen MR) is 135 cm³/mol. The summed E-state index contributed by atoms with van der Waals surface area (Å²) in [4.78, 5) is 14.5. The molecule has 2 fully saturated rings. The van der Waals surface area contributed by atoms with Crippen molar-refractivity contribution < 1.29 is 9.13 Å². The van der Waals surface area contributed by atoms with Crippen molar-refractivity contribution in [1.82, 2.24) is 20.3 Å². The Kier molecular flexibility index (Phi) is 7.40. The smallest absolute Gasteiger partial charge is 0.245 e. The normalized spacial score (nSPS) is 18.5. The first-order valence-electron chi connectivity index (χ1n) is 11.9. The van der Waals surface area contributed by atoms with Gasteiger partial charge in [0, 0.05) is 25.3 Å². The van der Waals surface area contributed by atoms with Gasteiger partial charge in [-0.3, -0.25) is 4.98 Å². The van der Waals surface area contributed by atoms with Crippen molar-refractivity contribution in [2.24, 2.45) is 5.10 Å². The van der Waals surface area contributed by atoms with E-state index in [-0.39, 0.29) is 11.8 Å². The lowest BCUT2D eigenvalue weighted by Crippen LogP contribution is -2.37. The summed E-state index contributed by atoms with van der Waals surface area (Å²) < 4.78 is 19.5. The Bertz CT molecular complexity index is 1130. The zero-order valence-corrected chi connectivity index (χ0v) is 19.5. The molecule has 1 unspecified atom stereocenters. The second-order valence-electron chi connectivity index (χ2n) is 8.60. The van der Waals surface area contributed by atoms with E-state index < -0.39 is 5.82 Å². The number of rotatable bonds is 7. The van der Waals surface area contributed by atoms with E-state index in [1.807, 2.05) is 17.0 Å². The fraction of sp³-hybridized carbons (Fsp3) is 0.360. The molecule has 2 aliphatic heterocycles. The molecule has 35 heavy (non-hydrogen) atoms. The fourth-order valence-corrected chi connectivity index (χ4v) is 4.26. The van der Waals surface area contributed by atoms with E-state index in [1.54, 1.807) is 12.4 Å². The Balaban J connectivity index is 1.15. The van der Waals surface area contributed by atoms with Crippen LogP contribution >= 0.6 is 0 Å². The van der Waals surface area contributed by atoms with E-state index in [0.717, 1.165) is 30.7 Å². The molecule has 2 saturated heterocycles. The summed E-state index contributed by atoms with van der Waals surface area (Å²) in [5.41, 5.74) is 6.70. The van der Waals surface area contributed by atoms with Gasteiger partial charge in [0.2, 0.25) is 5.95 Å². The van der Waals surface area contributed by atoms with Crippen molar-refractivity contribution in [3.63, 3.8) is 0 Å². The first-order chi connectivity index (χ1) is 17.2. The quantitative estimate of drug-likeness (QED) is 0.352. The molecular formula is C25H29FN8O. The van der Waals surface area contributed by atoms with Gasteiger partial charge in [-0.25, -0.2) is 14.8 Å². The zero-order chi connectivity index (χ0) is 23.9. The Morgan fingerprint density at radius 2 is 1.89 bits per heavy atom. The van der Waals surface area contributed by atoms with Gasteiger partial charge in [-0.2, -0.15) is 10.1 Å². The van der Waals surface area contributed by atoms with Gasteiger partial charge in [0.05, 0.1) is 43.2 Å². The largest absolute Gasteiger partial charge is 0.378 e. The molecule has 1 atom stereocenters. The monoisotopic (exact) mass is 476 g/mol. The van der Waals surface area contributed by atoms with Crippen LogP contribution in [0.25, 0.3) is 0 Å². The van der Waals surface area contributed by atoms with Crippen LogP contribution in [-0.2, 0) is 4.74 Å². The molecule has 3 aromatic rings. The first kappa shape index (κ1) is 23.1. The second kappa shape index (κ2) is 11.2. The van der Waals surface area contributed by atoms with Gasteiger partial charge in [0.1, 0.15) is 0 Å². The molecule has 2 aromatic heterocycles. The number of hydrazone groups is 1. The molecule has 3 N–H and O–H groups in total. The number of nitrogens with zero attached hydrogens (tertiary/aromatic N) is 5. The molecule has 1 aromatic carbocycles. The second-order valence-corrected chi connectivity index (χ2v) is 8.60. The maximum Gasteiger partial charge on any atom is 0.245 e. The summed E-state index contributed by atoms with van der Waals surface area (Å²) in [6.45, 7) is 4.44. The minimum absolute atomic E-state index is 0.217. The van der Waals surface area contributed by atoms with Crippen LogP contribution < -0.4 is 21.0 Å². The summed E-state index contributed by atoms with van der Waals surface area (Å²) in [5.74, 6) is 0.595. The fourth-order valence-electron chi connectivity index (χ4n) is 4.26. The molecule has 5 rings (SSSR count). The van der Waals surface area contributed by atoms with Gasteiger partial charge in [-0.15, -0.1) is 0 Å². The number of pyridine rings is 1. The molecule has 0 spiro atoms. The van der Waals surface area contributed by atoms with E-state index >= 15 is 0 Å². The van der Waals surface area contributed by atoms with Crippen molar-refractivity contribution in [1.29, 1.82) is 0 Å². The van der Waals surface area contributed by atoms with E-state index in [9.17, 15) is 4.39 Å². The summed E-state index contributed by atoms with van der Waals surface area (Å²) >= 11 is 0. The van der Waals surface area contributed by atoms with Crippen molar-refractivity contribution in [2.75, 3.05) is 55.0 Å². The van der Waals surface area contributed by atoms with Crippen molar-refractivity contribution in [3.05, 3.63) is 65.9 Å². The Hall–Kier alpha value is -3.63. The number of morpholine rings is 1. The van der Waals surface area contributed by atoms with Crippen molar-refractivity contribution >= 4 is 29.4 Å². The minimum Gasteiger partial charge on any atom is -0.378 e. The lowest BCUT2D eigenvalue weighted by Gasteiger charge is -2.27. The van der Waals surface area contributed by atoms with E-state index in [4.69, 9.17) is 4.74 Å². The number of halogens is 1. The number of piperidine rings is 1. The molecule has 0 aliphatic carbocycles. The highest BCUT2D eigenvalue weighted by atomic mass is 19.1. The van der Waals surface area contributed by atoms with Crippen LogP contribution in [0, 0.1) is 5.82 Å². The predicted octanol–water partition coefficient (Wildman–Crippen LogP) is 3.50. The Labute approximate surface area is 203 Å². The molecule has 10 heteroatoms. The van der Waals surface area contributed by atoms with E-state index in [2.05, 4.69) is 60.4 Å². The van der Waals surface area contributed by atoms with Gasteiger partial charge >= 0.3 is 0 Å². The molecule has 2 aliphatic rings. The SMILES string of the molecule is Fc1cnc(N/N=C/c2ccc(Nc3ccc(C4CCCNC4)cc3)cn2)nc1N1CCOCC1. The Morgan fingerprint density at radius 3 is 2.63 bits per heavy atom. The number of anilines is 4. The average Bonchev–Trinajstić information content (AvgIpc) is 2.92. The molecule has 0 saturated carbocycles. The first-order valence-corrected chi connectivity index (χ1v) is 11.9. The third kappa shape index (κ3) is 6.09. The van der Waals surface area contributed by atoms with Crippen molar-refractivity contribution in [3.8, 4) is 0 Å². The molecule has 9 nitrogen and oxygen atoms in total. The summed E-state index contributed by atoms with van der Waals surface area (Å²) in [5, 5.41) is 11.0. The average molecular weight is 477 g/mol. The van der Waals surface area contributed by atoms with Gasteiger partial charge in [-0.1, -0.05) is 12.1 Å². The number of benzene rings is 1. The highest BCUT2D eigenvalue weighted by Gasteiger charge is 2.18. The highest BCUT2D eigenvalue weighted by molar-refractivity contribution is 5.78. The van der Waals surface area contributed by atoms with Crippen LogP contribution in [0.5, 0.6) is 0 Å². The molecule has 0 bridgehead atoms. The number of nitrogens with one attached hydrogen (secondary N) is 3. The lowest BCUT2D eigenvalue weighted by atomic mass is 9.92. The summed E-state index contributed by atoms with van der Waals surface area (Å²) in [6.07, 6.45) is 6.94. The Morgan fingerprint density at radius 1 is 1.06 bits per heavy atom. The van der Waals surface area contributed by atoms with Gasteiger partial charge < -0.3 is 20.3 Å². The third-order valence-corrected chi connectivity index (χ3v) is 6.15. The third-order valence-electron chi connectivity index (χ3n) is 6.15. The number of hydrogen-bond donors (Lipinski definition) is 3. The van der Waals surface area contributed by atoms with E-state index in [0.29, 0.717) is 37.9 Å².